The third kappa shape index (κ3) is 5.27. The number of nitrogens with one attached hydrogen (secondary N) is 2. The van der Waals surface area contributed by atoms with Crippen LogP contribution >= 0.6 is 11.6 Å². The molecule has 0 unspecified atom stereocenters. The molecule has 1 heterocycles. The van der Waals surface area contributed by atoms with Crippen LogP contribution in [0.15, 0.2) is 64.2 Å². The van der Waals surface area contributed by atoms with Crippen molar-refractivity contribution in [3.8, 4) is 17.2 Å². The molecule has 0 radical (unpaired) electrons. The van der Waals surface area contributed by atoms with Crippen LogP contribution in [-0.2, 0) is 13.1 Å². The van der Waals surface area contributed by atoms with Crippen LogP contribution in [0.4, 0.5) is 0 Å². The first-order chi connectivity index (χ1) is 13.7. The lowest BCUT2D eigenvalue weighted by Gasteiger charge is -2.11. The average molecular weight is 399 g/mol. The number of hydrogen-bond acceptors (Lipinski definition) is 4. The summed E-state index contributed by atoms with van der Waals surface area (Å²) in [6.07, 6.45) is 1.65. The van der Waals surface area contributed by atoms with Gasteiger partial charge in [0.25, 0.3) is 0 Å². The van der Waals surface area contributed by atoms with Gasteiger partial charge in [-0.05, 0) is 31.2 Å². The predicted octanol–water partition coefficient (Wildman–Crippen LogP) is 4.26. The zero-order valence-corrected chi connectivity index (χ0v) is 16.7. The van der Waals surface area contributed by atoms with E-state index in [2.05, 4.69) is 20.6 Å². The van der Waals surface area contributed by atoms with Crippen LogP contribution in [0.5, 0.6) is 5.75 Å². The summed E-state index contributed by atoms with van der Waals surface area (Å²) in [7, 11) is 1.62. The third-order valence-corrected chi connectivity index (χ3v) is 4.25. The summed E-state index contributed by atoms with van der Waals surface area (Å²) in [5, 5.41) is 7.13. The van der Waals surface area contributed by atoms with E-state index in [0.717, 1.165) is 29.1 Å². The maximum Gasteiger partial charge on any atom is 0.226 e. The molecular formula is C21H23ClN4O2. The number of guanidine groups is 1. The number of rotatable bonds is 7. The van der Waals surface area contributed by atoms with Gasteiger partial charge in [0.15, 0.2) is 5.96 Å². The topological polar surface area (TPSA) is 71.7 Å². The maximum absolute atomic E-state index is 6.02. The summed E-state index contributed by atoms with van der Waals surface area (Å²) in [5.41, 5.74) is 2.70. The van der Waals surface area contributed by atoms with Gasteiger partial charge >= 0.3 is 0 Å². The average Bonchev–Trinajstić information content (AvgIpc) is 3.20. The molecule has 3 rings (SSSR count). The quantitative estimate of drug-likeness (QED) is 0.459. The van der Waals surface area contributed by atoms with E-state index in [0.29, 0.717) is 30.0 Å². The zero-order chi connectivity index (χ0) is 19.8. The molecule has 6 nitrogen and oxygen atoms in total. The fourth-order valence-electron chi connectivity index (χ4n) is 2.63. The molecule has 0 amide bonds. The van der Waals surface area contributed by atoms with E-state index in [1.807, 2.05) is 49.4 Å². The number of methoxy groups -OCH3 is 1. The van der Waals surface area contributed by atoms with Crippen molar-refractivity contribution in [3.63, 3.8) is 0 Å². The second-order valence-corrected chi connectivity index (χ2v) is 6.45. The Hall–Kier alpha value is -2.99. The highest BCUT2D eigenvalue weighted by Crippen LogP contribution is 2.23. The third-order valence-electron chi connectivity index (χ3n) is 4.01. The summed E-state index contributed by atoms with van der Waals surface area (Å²) in [6.45, 7) is 3.73. The van der Waals surface area contributed by atoms with Crippen LogP contribution in [0.25, 0.3) is 11.5 Å². The van der Waals surface area contributed by atoms with E-state index in [1.54, 1.807) is 19.4 Å². The number of halogens is 1. The van der Waals surface area contributed by atoms with Crippen LogP contribution in [0.1, 0.15) is 18.2 Å². The van der Waals surface area contributed by atoms with Crippen molar-refractivity contribution in [2.45, 2.75) is 20.0 Å². The zero-order valence-electron chi connectivity index (χ0n) is 15.9. The molecule has 0 aliphatic carbocycles. The van der Waals surface area contributed by atoms with Gasteiger partial charge in [-0.15, -0.1) is 0 Å². The molecular weight excluding hydrogens is 376 g/mol. The lowest BCUT2D eigenvalue weighted by Crippen LogP contribution is -2.36. The molecule has 7 heteroatoms. The minimum atomic E-state index is 0.462. The van der Waals surface area contributed by atoms with Crippen LogP contribution in [-0.4, -0.2) is 24.6 Å². The van der Waals surface area contributed by atoms with Gasteiger partial charge in [0.2, 0.25) is 5.89 Å². The molecule has 0 atom stereocenters. The van der Waals surface area contributed by atoms with Gasteiger partial charge in [-0.2, -0.15) is 0 Å². The molecule has 146 valence electrons. The molecule has 0 aliphatic heterocycles. The molecule has 0 fully saturated rings. The van der Waals surface area contributed by atoms with Crippen molar-refractivity contribution in [2.24, 2.45) is 4.99 Å². The Bertz CT molecular complexity index is 925. The SMILES string of the molecule is CCNC(=NCc1ccc(Cl)cc1OC)NCc1coc(-c2ccccc2)n1. The van der Waals surface area contributed by atoms with Crippen LogP contribution in [0, 0.1) is 0 Å². The van der Waals surface area contributed by atoms with Gasteiger partial charge in [0.1, 0.15) is 12.0 Å². The number of benzene rings is 2. The number of nitrogens with zero attached hydrogens (tertiary/aromatic N) is 2. The summed E-state index contributed by atoms with van der Waals surface area (Å²) < 4.78 is 10.9. The Morgan fingerprint density at radius 2 is 2.00 bits per heavy atom. The number of aliphatic imine (C=N–C) groups is 1. The van der Waals surface area contributed by atoms with Gasteiger partial charge in [0.05, 0.1) is 25.9 Å². The second-order valence-electron chi connectivity index (χ2n) is 6.01. The van der Waals surface area contributed by atoms with E-state index in [-0.39, 0.29) is 0 Å². The Morgan fingerprint density at radius 3 is 2.75 bits per heavy atom. The van der Waals surface area contributed by atoms with Gasteiger partial charge < -0.3 is 19.8 Å². The van der Waals surface area contributed by atoms with Crippen LogP contribution < -0.4 is 15.4 Å². The Labute approximate surface area is 169 Å². The van der Waals surface area contributed by atoms with E-state index >= 15 is 0 Å². The lowest BCUT2D eigenvalue weighted by atomic mass is 10.2. The molecule has 2 aromatic carbocycles. The molecule has 0 bridgehead atoms. The van der Waals surface area contributed by atoms with Gasteiger partial charge in [0, 0.05) is 22.7 Å². The second kappa shape index (κ2) is 9.80. The number of ether oxygens (including phenoxy) is 1. The fourth-order valence-corrected chi connectivity index (χ4v) is 2.79. The molecule has 1 aromatic heterocycles. The highest BCUT2D eigenvalue weighted by molar-refractivity contribution is 6.30. The van der Waals surface area contributed by atoms with Crippen molar-refractivity contribution < 1.29 is 9.15 Å². The van der Waals surface area contributed by atoms with Gasteiger partial charge in [-0.3, -0.25) is 0 Å². The summed E-state index contributed by atoms with van der Waals surface area (Å²) >= 11 is 6.02. The van der Waals surface area contributed by atoms with Crippen molar-refractivity contribution >= 4 is 17.6 Å². The standard InChI is InChI=1S/C21H23ClN4O2/c1-3-23-21(24-12-16-9-10-17(22)11-19(16)27-2)25-13-18-14-28-20(26-18)15-7-5-4-6-8-15/h4-11,14H,3,12-13H2,1-2H3,(H2,23,24,25). The smallest absolute Gasteiger partial charge is 0.226 e. The van der Waals surface area contributed by atoms with Crippen molar-refractivity contribution in [1.29, 1.82) is 0 Å². The fraction of sp³-hybridized carbons (Fsp3) is 0.238. The predicted molar refractivity (Wildman–Crippen MR) is 112 cm³/mol. The number of aromatic nitrogens is 1. The summed E-state index contributed by atoms with van der Waals surface area (Å²) in [6, 6.07) is 15.3. The first kappa shape index (κ1) is 19.8. The normalized spacial score (nSPS) is 11.3. The highest BCUT2D eigenvalue weighted by Gasteiger charge is 2.08. The van der Waals surface area contributed by atoms with Crippen LogP contribution in [0.3, 0.4) is 0 Å². The van der Waals surface area contributed by atoms with Gasteiger partial charge in [-0.25, -0.2) is 9.98 Å². The molecule has 28 heavy (non-hydrogen) atoms. The number of hydrogen-bond donors (Lipinski definition) is 2. The Morgan fingerprint density at radius 1 is 1.18 bits per heavy atom. The van der Waals surface area contributed by atoms with Crippen molar-refractivity contribution in [2.75, 3.05) is 13.7 Å². The molecule has 0 spiro atoms. The first-order valence-corrected chi connectivity index (χ1v) is 9.41. The van der Waals surface area contributed by atoms with Gasteiger partial charge in [-0.1, -0.05) is 35.9 Å². The largest absolute Gasteiger partial charge is 0.496 e. The van der Waals surface area contributed by atoms with Crippen molar-refractivity contribution in [3.05, 3.63) is 71.1 Å². The first-order valence-electron chi connectivity index (χ1n) is 9.04. The molecule has 2 N–H and O–H groups in total. The monoisotopic (exact) mass is 398 g/mol. The Kier molecular flexibility index (Phi) is 6.92. The Balaban J connectivity index is 1.65. The molecule has 3 aromatic rings. The minimum absolute atomic E-state index is 0.462. The van der Waals surface area contributed by atoms with E-state index in [1.165, 1.54) is 0 Å². The molecule has 0 aliphatic rings. The maximum atomic E-state index is 6.02. The van der Waals surface area contributed by atoms with E-state index in [9.17, 15) is 0 Å². The summed E-state index contributed by atoms with van der Waals surface area (Å²) in [4.78, 5) is 9.14. The minimum Gasteiger partial charge on any atom is -0.496 e. The molecule has 0 saturated carbocycles. The lowest BCUT2D eigenvalue weighted by molar-refractivity contribution is 0.410. The highest BCUT2D eigenvalue weighted by atomic mass is 35.5. The van der Waals surface area contributed by atoms with E-state index < -0.39 is 0 Å². The molecule has 0 saturated heterocycles. The van der Waals surface area contributed by atoms with Crippen molar-refractivity contribution in [1.82, 2.24) is 15.6 Å². The summed E-state index contributed by atoms with van der Waals surface area (Å²) in [5.74, 6) is 2.00. The van der Waals surface area contributed by atoms with Crippen LogP contribution in [0.2, 0.25) is 5.02 Å². The number of oxazole rings is 1. The van der Waals surface area contributed by atoms with E-state index in [4.69, 9.17) is 20.8 Å².